The maximum Gasteiger partial charge on any atom is 0.227 e. The first-order valence-electron chi connectivity index (χ1n) is 11.3. The predicted octanol–water partition coefficient (Wildman–Crippen LogP) is 4.69. The molecule has 3 aromatic rings. The highest BCUT2D eigenvalue weighted by molar-refractivity contribution is 5.95. The first kappa shape index (κ1) is 22.1. The molecule has 176 valence electrons. The lowest BCUT2D eigenvalue weighted by Crippen LogP contribution is -2.37. The molecule has 8 nitrogen and oxygen atoms in total. The Morgan fingerprint density at radius 2 is 1.74 bits per heavy atom. The zero-order chi connectivity index (χ0) is 23.5. The Kier molecular flexibility index (Phi) is 6.27. The Labute approximate surface area is 196 Å². The van der Waals surface area contributed by atoms with E-state index in [0.29, 0.717) is 53.4 Å². The lowest BCUT2D eigenvalue weighted by molar-refractivity contribution is -0.117. The standard InChI is InChI=1S/C25H25FN4O4/c1-16-22(33-20-14-27-25(28-15-20)30-10-12-32-13-11-30)9-8-21(29-24(31)17-2-3-17)23(16)34-19-6-4-18(26)5-7-19/h4-9,14-15,17H,2-3,10-13H2,1H3,(H,29,31). The van der Waals surface area contributed by atoms with Gasteiger partial charge in [0.25, 0.3) is 0 Å². The van der Waals surface area contributed by atoms with Crippen molar-refractivity contribution >= 4 is 17.5 Å². The van der Waals surface area contributed by atoms with E-state index < -0.39 is 0 Å². The quantitative estimate of drug-likeness (QED) is 0.543. The molecular weight excluding hydrogens is 439 g/mol. The van der Waals surface area contributed by atoms with Crippen molar-refractivity contribution in [2.75, 3.05) is 36.5 Å². The number of nitrogens with zero attached hydrogens (tertiary/aromatic N) is 3. The molecule has 1 saturated carbocycles. The van der Waals surface area contributed by atoms with E-state index in [2.05, 4.69) is 20.2 Å². The fourth-order valence-electron chi connectivity index (χ4n) is 3.63. The molecule has 0 bridgehead atoms. The van der Waals surface area contributed by atoms with Crippen LogP contribution >= 0.6 is 0 Å². The van der Waals surface area contributed by atoms with Crippen LogP contribution in [0.4, 0.5) is 16.0 Å². The number of carbonyl (C=O) groups is 1. The summed E-state index contributed by atoms with van der Waals surface area (Å²) >= 11 is 0. The number of hydrogen-bond donors (Lipinski definition) is 1. The van der Waals surface area contributed by atoms with Gasteiger partial charge in [-0.15, -0.1) is 0 Å². The number of morpholine rings is 1. The van der Waals surface area contributed by atoms with Crippen molar-refractivity contribution in [2.24, 2.45) is 5.92 Å². The molecule has 1 N–H and O–H groups in total. The number of anilines is 2. The van der Waals surface area contributed by atoms with Crippen LogP contribution in [0.5, 0.6) is 23.0 Å². The summed E-state index contributed by atoms with van der Waals surface area (Å²) in [5.41, 5.74) is 1.21. The average molecular weight is 464 g/mol. The fraction of sp³-hybridized carbons (Fsp3) is 0.320. The topological polar surface area (TPSA) is 85.8 Å². The number of carbonyl (C=O) groups excluding carboxylic acids is 1. The second-order valence-corrected chi connectivity index (χ2v) is 8.31. The number of nitrogens with one attached hydrogen (secondary N) is 1. The molecule has 0 atom stereocenters. The van der Waals surface area contributed by atoms with Gasteiger partial charge in [-0.05, 0) is 56.2 Å². The Balaban J connectivity index is 1.39. The van der Waals surface area contributed by atoms with Gasteiger partial charge in [0.1, 0.15) is 17.3 Å². The van der Waals surface area contributed by atoms with Crippen molar-refractivity contribution in [3.8, 4) is 23.0 Å². The van der Waals surface area contributed by atoms with Crippen LogP contribution in [0.25, 0.3) is 0 Å². The van der Waals surface area contributed by atoms with Gasteiger partial charge in [0, 0.05) is 24.6 Å². The minimum absolute atomic E-state index is 0.0378. The molecule has 0 spiro atoms. The van der Waals surface area contributed by atoms with Crippen LogP contribution in [-0.2, 0) is 9.53 Å². The fourth-order valence-corrected chi connectivity index (χ4v) is 3.63. The normalized spacial score (nSPS) is 15.6. The summed E-state index contributed by atoms with van der Waals surface area (Å²) in [4.78, 5) is 23.3. The zero-order valence-corrected chi connectivity index (χ0v) is 18.8. The molecule has 2 aliphatic rings. The second-order valence-electron chi connectivity index (χ2n) is 8.31. The lowest BCUT2D eigenvalue weighted by Gasteiger charge is -2.26. The Hall–Kier alpha value is -3.72. The molecule has 34 heavy (non-hydrogen) atoms. The summed E-state index contributed by atoms with van der Waals surface area (Å²) in [6.07, 6.45) is 5.03. The molecule has 2 heterocycles. The van der Waals surface area contributed by atoms with Crippen LogP contribution in [0, 0.1) is 18.7 Å². The zero-order valence-electron chi connectivity index (χ0n) is 18.8. The van der Waals surface area contributed by atoms with Gasteiger partial charge in [-0.25, -0.2) is 14.4 Å². The van der Waals surface area contributed by atoms with E-state index in [9.17, 15) is 9.18 Å². The van der Waals surface area contributed by atoms with E-state index in [1.807, 2.05) is 6.92 Å². The predicted molar refractivity (Wildman–Crippen MR) is 124 cm³/mol. The van der Waals surface area contributed by atoms with Crippen molar-refractivity contribution in [1.82, 2.24) is 9.97 Å². The number of amides is 1. The van der Waals surface area contributed by atoms with Gasteiger partial charge in [-0.1, -0.05) is 0 Å². The first-order valence-corrected chi connectivity index (χ1v) is 11.3. The minimum Gasteiger partial charge on any atom is -0.455 e. The monoisotopic (exact) mass is 464 g/mol. The van der Waals surface area contributed by atoms with Crippen LogP contribution in [0.3, 0.4) is 0 Å². The lowest BCUT2D eigenvalue weighted by atomic mass is 10.1. The van der Waals surface area contributed by atoms with E-state index in [0.717, 1.165) is 25.9 Å². The summed E-state index contributed by atoms with van der Waals surface area (Å²) in [5.74, 6) is 2.16. The van der Waals surface area contributed by atoms with Gasteiger partial charge < -0.3 is 24.4 Å². The van der Waals surface area contributed by atoms with E-state index >= 15 is 0 Å². The van der Waals surface area contributed by atoms with Crippen LogP contribution in [-0.4, -0.2) is 42.2 Å². The van der Waals surface area contributed by atoms with Crippen molar-refractivity contribution in [3.05, 3.63) is 60.2 Å². The first-order chi connectivity index (χ1) is 16.6. The maximum absolute atomic E-state index is 13.4. The third-order valence-corrected chi connectivity index (χ3v) is 5.73. The Morgan fingerprint density at radius 3 is 2.41 bits per heavy atom. The van der Waals surface area contributed by atoms with Gasteiger partial charge in [0.05, 0.1) is 31.3 Å². The van der Waals surface area contributed by atoms with Crippen molar-refractivity contribution in [1.29, 1.82) is 0 Å². The van der Waals surface area contributed by atoms with Crippen LogP contribution in [0.2, 0.25) is 0 Å². The highest BCUT2D eigenvalue weighted by Gasteiger charge is 2.30. The highest BCUT2D eigenvalue weighted by Crippen LogP contribution is 2.41. The molecule has 1 aliphatic carbocycles. The van der Waals surface area contributed by atoms with Gasteiger partial charge in [-0.3, -0.25) is 4.79 Å². The smallest absolute Gasteiger partial charge is 0.227 e. The molecule has 2 fully saturated rings. The average Bonchev–Trinajstić information content (AvgIpc) is 3.71. The van der Waals surface area contributed by atoms with E-state index in [1.54, 1.807) is 24.5 Å². The molecule has 1 aromatic heterocycles. The van der Waals surface area contributed by atoms with Crippen molar-refractivity contribution in [2.45, 2.75) is 19.8 Å². The maximum atomic E-state index is 13.4. The van der Waals surface area contributed by atoms with Gasteiger partial charge in [0.2, 0.25) is 11.9 Å². The number of halogens is 1. The van der Waals surface area contributed by atoms with Gasteiger partial charge >= 0.3 is 0 Å². The number of hydrogen-bond acceptors (Lipinski definition) is 7. The summed E-state index contributed by atoms with van der Waals surface area (Å²) in [5, 5.41) is 2.95. The Bertz CT molecular complexity index is 1160. The SMILES string of the molecule is Cc1c(Oc2cnc(N3CCOCC3)nc2)ccc(NC(=O)C2CC2)c1Oc1ccc(F)cc1. The molecule has 2 aromatic carbocycles. The van der Waals surface area contributed by atoms with E-state index in [1.165, 1.54) is 24.3 Å². The second kappa shape index (κ2) is 9.64. The molecule has 0 radical (unpaired) electrons. The molecule has 9 heteroatoms. The van der Waals surface area contributed by atoms with Crippen molar-refractivity contribution in [3.63, 3.8) is 0 Å². The molecule has 1 amide bonds. The molecule has 1 aliphatic heterocycles. The minimum atomic E-state index is -0.357. The van der Waals surface area contributed by atoms with Gasteiger partial charge in [-0.2, -0.15) is 0 Å². The molecular formula is C25H25FN4O4. The summed E-state index contributed by atoms with van der Waals surface area (Å²) < 4.78 is 30.8. The summed E-state index contributed by atoms with van der Waals surface area (Å²) in [6.45, 7) is 4.64. The van der Waals surface area contributed by atoms with Crippen molar-refractivity contribution < 1.29 is 23.4 Å². The highest BCUT2D eigenvalue weighted by atomic mass is 19.1. The van der Waals surface area contributed by atoms with Crippen LogP contribution in [0.1, 0.15) is 18.4 Å². The number of aromatic nitrogens is 2. The van der Waals surface area contributed by atoms with Crippen LogP contribution < -0.4 is 19.7 Å². The van der Waals surface area contributed by atoms with E-state index in [-0.39, 0.29) is 17.6 Å². The van der Waals surface area contributed by atoms with E-state index in [4.69, 9.17) is 14.2 Å². The Morgan fingerprint density at radius 1 is 1.03 bits per heavy atom. The van der Waals surface area contributed by atoms with Crippen LogP contribution in [0.15, 0.2) is 48.8 Å². The number of rotatable bonds is 7. The van der Waals surface area contributed by atoms with Gasteiger partial charge in [0.15, 0.2) is 11.5 Å². The third-order valence-electron chi connectivity index (χ3n) is 5.73. The third kappa shape index (κ3) is 5.09. The molecule has 5 rings (SSSR count). The largest absolute Gasteiger partial charge is 0.455 e. The number of ether oxygens (including phenoxy) is 3. The summed E-state index contributed by atoms with van der Waals surface area (Å²) in [6, 6.07) is 9.22. The number of benzene rings is 2. The molecule has 0 unspecified atom stereocenters. The molecule has 1 saturated heterocycles. The summed E-state index contributed by atoms with van der Waals surface area (Å²) in [7, 11) is 0.